The molecule has 0 spiro atoms. The van der Waals surface area contributed by atoms with E-state index in [1.165, 1.54) is 6.92 Å². The zero-order valence-corrected chi connectivity index (χ0v) is 8.52. The van der Waals surface area contributed by atoms with E-state index >= 15 is 0 Å². The molecule has 1 aromatic heterocycles. The summed E-state index contributed by atoms with van der Waals surface area (Å²) in [5.74, 6) is -0.0683. The number of carbonyl (C=O) groups is 1. The van der Waals surface area contributed by atoms with Crippen LogP contribution in [-0.2, 0) is 11.2 Å². The minimum absolute atomic E-state index is 0.0683. The summed E-state index contributed by atoms with van der Waals surface area (Å²) in [6.07, 6.45) is 0.516. The van der Waals surface area contributed by atoms with Gasteiger partial charge in [0.25, 0.3) is 0 Å². The summed E-state index contributed by atoms with van der Waals surface area (Å²) < 4.78 is 0. The maximum Gasteiger partial charge on any atom is 0.150 e. The van der Waals surface area contributed by atoms with E-state index in [0.717, 1.165) is 5.56 Å². The Morgan fingerprint density at radius 3 is 2.85 bits per heavy atom. The van der Waals surface area contributed by atoms with Crippen LogP contribution in [0.5, 0.6) is 0 Å². The maximum atomic E-state index is 11.2. The highest BCUT2D eigenvalue weighted by Crippen LogP contribution is 2.23. The molecule has 3 heteroatoms. The molecule has 1 unspecified atom stereocenters. The number of rotatable bonds is 3. The highest BCUT2D eigenvalue weighted by molar-refractivity contribution is 7.07. The lowest BCUT2D eigenvalue weighted by molar-refractivity contribution is -0.123. The zero-order chi connectivity index (χ0) is 9.90. The number of Topliss-reactive ketones (excluding diaryl/α,β-unsaturated/α-hetero) is 1. The molecule has 0 radical (unpaired) electrons. The normalized spacial score (nSPS) is 14.5. The largest absolute Gasteiger partial charge is 0.298 e. The van der Waals surface area contributed by atoms with Gasteiger partial charge in [0, 0.05) is 0 Å². The number of nitriles is 1. The average Bonchev–Trinajstić information content (AvgIpc) is 2.56. The summed E-state index contributed by atoms with van der Waals surface area (Å²) in [5.41, 5.74) is 0.199. The highest BCUT2D eigenvalue weighted by Gasteiger charge is 2.29. The fourth-order valence-electron chi connectivity index (χ4n) is 1.04. The number of nitrogens with zero attached hydrogens (tertiary/aromatic N) is 1. The minimum Gasteiger partial charge on any atom is -0.298 e. The maximum absolute atomic E-state index is 11.2. The van der Waals surface area contributed by atoms with Crippen LogP contribution in [0.2, 0.25) is 0 Å². The molecule has 1 rings (SSSR count). The van der Waals surface area contributed by atoms with Crippen LogP contribution in [0.3, 0.4) is 0 Å². The predicted octanol–water partition coefficient (Wildman–Crippen LogP) is 2.41. The third-order valence-electron chi connectivity index (χ3n) is 2.16. The molecule has 0 bridgehead atoms. The third-order valence-corrected chi connectivity index (χ3v) is 2.89. The molecule has 2 nitrogen and oxygen atoms in total. The van der Waals surface area contributed by atoms with Crippen molar-refractivity contribution in [3.63, 3.8) is 0 Å². The van der Waals surface area contributed by atoms with Crippen molar-refractivity contribution in [3.05, 3.63) is 22.4 Å². The van der Waals surface area contributed by atoms with Gasteiger partial charge in [-0.2, -0.15) is 16.6 Å². The molecule has 0 saturated heterocycles. The van der Waals surface area contributed by atoms with Crippen molar-refractivity contribution in [3.8, 4) is 6.07 Å². The smallest absolute Gasteiger partial charge is 0.150 e. The monoisotopic (exact) mass is 193 g/mol. The van der Waals surface area contributed by atoms with Crippen LogP contribution in [0.1, 0.15) is 19.4 Å². The van der Waals surface area contributed by atoms with Crippen LogP contribution in [0.15, 0.2) is 16.8 Å². The van der Waals surface area contributed by atoms with Crippen LogP contribution in [0.4, 0.5) is 0 Å². The molecule has 1 heterocycles. The van der Waals surface area contributed by atoms with Gasteiger partial charge in [-0.3, -0.25) is 4.79 Å². The van der Waals surface area contributed by atoms with Crippen LogP contribution in [0.25, 0.3) is 0 Å². The van der Waals surface area contributed by atoms with Crippen molar-refractivity contribution in [1.29, 1.82) is 5.26 Å². The SMILES string of the molecule is CC(=O)C(C)(C#N)Cc1ccsc1. The number of carbonyl (C=O) groups excluding carboxylic acids is 1. The first-order valence-electron chi connectivity index (χ1n) is 4.02. The summed E-state index contributed by atoms with van der Waals surface area (Å²) >= 11 is 1.58. The topological polar surface area (TPSA) is 40.9 Å². The van der Waals surface area contributed by atoms with Gasteiger partial charge < -0.3 is 0 Å². The molecular weight excluding hydrogens is 182 g/mol. The number of thiophene rings is 1. The van der Waals surface area contributed by atoms with Gasteiger partial charge in [0.05, 0.1) is 6.07 Å². The first-order chi connectivity index (χ1) is 6.08. The Balaban J connectivity index is 2.83. The first-order valence-corrected chi connectivity index (χ1v) is 4.96. The Morgan fingerprint density at radius 2 is 2.46 bits per heavy atom. The van der Waals surface area contributed by atoms with Gasteiger partial charge in [-0.25, -0.2) is 0 Å². The molecule has 0 fully saturated rings. The standard InChI is InChI=1S/C10H11NOS/c1-8(12)10(2,7-11)5-9-3-4-13-6-9/h3-4,6H,5H2,1-2H3. The second-order valence-corrected chi connectivity index (χ2v) is 4.09. The first kappa shape index (κ1) is 9.94. The number of ketones is 1. The Kier molecular flexibility index (Phi) is 2.84. The van der Waals surface area contributed by atoms with Gasteiger partial charge in [-0.15, -0.1) is 0 Å². The molecular formula is C10H11NOS. The lowest BCUT2D eigenvalue weighted by Gasteiger charge is -2.16. The van der Waals surface area contributed by atoms with E-state index in [1.807, 2.05) is 16.8 Å². The molecule has 68 valence electrons. The lowest BCUT2D eigenvalue weighted by Crippen LogP contribution is -2.25. The Bertz CT molecular complexity index is 336. The fraction of sp³-hybridized carbons (Fsp3) is 0.400. The molecule has 0 aromatic carbocycles. The molecule has 0 aliphatic rings. The Morgan fingerprint density at radius 1 is 1.77 bits per heavy atom. The summed E-state index contributed by atoms with van der Waals surface area (Å²) in [4.78, 5) is 11.2. The van der Waals surface area contributed by atoms with Crippen molar-refractivity contribution >= 4 is 17.1 Å². The van der Waals surface area contributed by atoms with Gasteiger partial charge >= 0.3 is 0 Å². The van der Waals surface area contributed by atoms with Crippen molar-refractivity contribution in [2.24, 2.45) is 5.41 Å². The Labute approximate surface area is 81.8 Å². The van der Waals surface area contributed by atoms with Gasteiger partial charge in [0.1, 0.15) is 11.2 Å². The molecule has 0 N–H and O–H groups in total. The molecule has 0 saturated carbocycles. The van der Waals surface area contributed by atoms with Crippen LogP contribution in [-0.4, -0.2) is 5.78 Å². The Hall–Kier alpha value is -1.14. The lowest BCUT2D eigenvalue weighted by atomic mass is 9.82. The van der Waals surface area contributed by atoms with Crippen LogP contribution < -0.4 is 0 Å². The van der Waals surface area contributed by atoms with Crippen molar-refractivity contribution < 1.29 is 4.79 Å². The highest BCUT2D eigenvalue weighted by atomic mass is 32.1. The van der Waals surface area contributed by atoms with E-state index in [4.69, 9.17) is 5.26 Å². The quantitative estimate of drug-likeness (QED) is 0.739. The molecule has 0 aliphatic heterocycles. The van der Waals surface area contributed by atoms with E-state index in [2.05, 4.69) is 6.07 Å². The van der Waals surface area contributed by atoms with Gasteiger partial charge in [-0.05, 0) is 42.7 Å². The van der Waals surface area contributed by atoms with Gasteiger partial charge in [0.2, 0.25) is 0 Å². The zero-order valence-electron chi connectivity index (χ0n) is 7.70. The second kappa shape index (κ2) is 3.71. The number of hydrogen-bond acceptors (Lipinski definition) is 3. The molecule has 13 heavy (non-hydrogen) atoms. The third kappa shape index (κ3) is 2.16. The van der Waals surface area contributed by atoms with Crippen molar-refractivity contribution in [2.45, 2.75) is 20.3 Å². The molecule has 1 aromatic rings. The van der Waals surface area contributed by atoms with E-state index in [9.17, 15) is 4.79 Å². The second-order valence-electron chi connectivity index (χ2n) is 3.31. The summed E-state index contributed by atoms with van der Waals surface area (Å²) in [5, 5.41) is 12.8. The van der Waals surface area contributed by atoms with Crippen molar-refractivity contribution in [1.82, 2.24) is 0 Å². The van der Waals surface area contributed by atoms with Crippen LogP contribution >= 0.6 is 11.3 Å². The molecule has 0 amide bonds. The summed E-state index contributed by atoms with van der Waals surface area (Å²) in [6.45, 7) is 3.16. The van der Waals surface area contributed by atoms with Crippen molar-refractivity contribution in [2.75, 3.05) is 0 Å². The van der Waals surface area contributed by atoms with Gasteiger partial charge in [-0.1, -0.05) is 0 Å². The average molecular weight is 193 g/mol. The van der Waals surface area contributed by atoms with E-state index in [0.29, 0.717) is 6.42 Å². The summed E-state index contributed by atoms with van der Waals surface area (Å²) in [7, 11) is 0. The predicted molar refractivity (Wildman–Crippen MR) is 52.4 cm³/mol. The summed E-state index contributed by atoms with van der Waals surface area (Å²) in [6, 6.07) is 4.02. The van der Waals surface area contributed by atoms with E-state index < -0.39 is 5.41 Å². The molecule has 1 atom stereocenters. The minimum atomic E-state index is -0.860. The van der Waals surface area contributed by atoms with Gasteiger partial charge in [0.15, 0.2) is 0 Å². The van der Waals surface area contributed by atoms with E-state index in [1.54, 1.807) is 18.3 Å². The van der Waals surface area contributed by atoms with E-state index in [-0.39, 0.29) is 5.78 Å². The number of hydrogen-bond donors (Lipinski definition) is 0. The van der Waals surface area contributed by atoms with Crippen LogP contribution in [0, 0.1) is 16.7 Å². The fourth-order valence-corrected chi connectivity index (χ4v) is 1.71. The molecule has 0 aliphatic carbocycles.